The lowest BCUT2D eigenvalue weighted by Crippen LogP contribution is -2.54. The number of aliphatic carboxylic acids is 1. The van der Waals surface area contributed by atoms with Gasteiger partial charge in [-0.3, -0.25) is 9.69 Å². The molecule has 2 rings (SSSR count). The van der Waals surface area contributed by atoms with Crippen molar-refractivity contribution in [3.8, 4) is 0 Å². The molecule has 5 heteroatoms. The van der Waals surface area contributed by atoms with Crippen molar-refractivity contribution in [1.82, 2.24) is 4.90 Å². The Hall–Kier alpha value is -0.650. The van der Waals surface area contributed by atoms with Gasteiger partial charge in [0, 0.05) is 12.1 Å². The number of hydrogen-bond acceptors (Lipinski definition) is 4. The zero-order chi connectivity index (χ0) is 15.1. The molecule has 1 N–H and O–H groups in total. The van der Waals surface area contributed by atoms with Gasteiger partial charge in [0.2, 0.25) is 0 Å². The van der Waals surface area contributed by atoms with E-state index in [4.69, 9.17) is 9.47 Å². The van der Waals surface area contributed by atoms with Crippen molar-refractivity contribution < 1.29 is 19.4 Å². The van der Waals surface area contributed by atoms with Crippen LogP contribution in [0, 0.1) is 5.92 Å². The van der Waals surface area contributed by atoms with Gasteiger partial charge < -0.3 is 14.6 Å². The Labute approximate surface area is 121 Å². The normalized spacial score (nSPS) is 35.6. The molecule has 0 spiro atoms. The van der Waals surface area contributed by atoms with Gasteiger partial charge in [0.1, 0.15) is 0 Å². The SMILES string of the molecule is CCN(C1COCC1C(=O)O)C1CC(C)(C)OC1(C)C. The van der Waals surface area contributed by atoms with E-state index in [9.17, 15) is 9.90 Å². The number of carboxylic acid groups (broad SMARTS) is 1. The highest BCUT2D eigenvalue weighted by Gasteiger charge is 2.51. The summed E-state index contributed by atoms with van der Waals surface area (Å²) in [4.78, 5) is 13.7. The van der Waals surface area contributed by atoms with Crippen LogP contribution in [0.15, 0.2) is 0 Å². The van der Waals surface area contributed by atoms with Gasteiger partial charge >= 0.3 is 5.97 Å². The number of likely N-dealkylation sites (N-methyl/N-ethyl adjacent to an activating group) is 1. The molecular formula is C15H27NO4. The zero-order valence-electron chi connectivity index (χ0n) is 13.2. The van der Waals surface area contributed by atoms with Gasteiger partial charge in [-0.1, -0.05) is 6.92 Å². The first-order valence-corrected chi connectivity index (χ1v) is 7.44. The first-order chi connectivity index (χ1) is 9.18. The van der Waals surface area contributed by atoms with Crippen LogP contribution in [0.5, 0.6) is 0 Å². The van der Waals surface area contributed by atoms with Gasteiger partial charge in [-0.2, -0.15) is 0 Å². The van der Waals surface area contributed by atoms with Crippen molar-refractivity contribution in [2.24, 2.45) is 5.92 Å². The molecule has 0 amide bonds. The van der Waals surface area contributed by atoms with E-state index in [1.807, 2.05) is 0 Å². The van der Waals surface area contributed by atoms with Crippen molar-refractivity contribution >= 4 is 5.97 Å². The molecule has 2 aliphatic rings. The number of carboxylic acids is 1. The fraction of sp³-hybridized carbons (Fsp3) is 0.933. The number of nitrogens with zero attached hydrogens (tertiary/aromatic N) is 1. The third-order valence-electron chi connectivity index (χ3n) is 4.59. The summed E-state index contributed by atoms with van der Waals surface area (Å²) in [5.41, 5.74) is -0.440. The van der Waals surface area contributed by atoms with Crippen molar-refractivity contribution in [2.75, 3.05) is 19.8 Å². The van der Waals surface area contributed by atoms with Crippen LogP contribution in [0.1, 0.15) is 41.0 Å². The van der Waals surface area contributed by atoms with E-state index < -0.39 is 11.9 Å². The highest BCUT2D eigenvalue weighted by molar-refractivity contribution is 5.71. The minimum absolute atomic E-state index is 0.0562. The lowest BCUT2D eigenvalue weighted by molar-refractivity contribution is -0.144. The fourth-order valence-corrected chi connectivity index (χ4v) is 3.84. The molecule has 0 aromatic carbocycles. The molecule has 0 saturated carbocycles. The van der Waals surface area contributed by atoms with Crippen LogP contribution < -0.4 is 0 Å². The maximum atomic E-state index is 11.4. The van der Waals surface area contributed by atoms with Crippen LogP contribution in [0.25, 0.3) is 0 Å². The highest BCUT2D eigenvalue weighted by atomic mass is 16.5. The molecule has 2 saturated heterocycles. The van der Waals surface area contributed by atoms with Crippen molar-refractivity contribution in [3.05, 3.63) is 0 Å². The Morgan fingerprint density at radius 1 is 1.30 bits per heavy atom. The van der Waals surface area contributed by atoms with Crippen LogP contribution in [0.3, 0.4) is 0 Å². The molecule has 0 aromatic heterocycles. The molecule has 20 heavy (non-hydrogen) atoms. The van der Waals surface area contributed by atoms with Crippen LogP contribution >= 0.6 is 0 Å². The summed E-state index contributed by atoms with van der Waals surface area (Å²) in [6.45, 7) is 12.1. The van der Waals surface area contributed by atoms with Crippen molar-refractivity contribution in [1.29, 1.82) is 0 Å². The molecular weight excluding hydrogens is 258 g/mol. The Bertz CT molecular complexity index is 380. The first-order valence-electron chi connectivity index (χ1n) is 7.44. The number of rotatable bonds is 4. The predicted octanol–water partition coefficient (Wildman–Crippen LogP) is 1.75. The molecule has 5 nitrogen and oxygen atoms in total. The van der Waals surface area contributed by atoms with E-state index >= 15 is 0 Å². The van der Waals surface area contributed by atoms with Gasteiger partial charge in [-0.25, -0.2) is 0 Å². The molecule has 116 valence electrons. The average Bonchev–Trinajstić information content (AvgIpc) is 2.83. The number of ether oxygens (including phenoxy) is 2. The lowest BCUT2D eigenvalue weighted by atomic mass is 9.90. The highest BCUT2D eigenvalue weighted by Crippen LogP contribution is 2.41. The second-order valence-electron chi connectivity index (χ2n) is 7.07. The van der Waals surface area contributed by atoms with Gasteiger partial charge in [-0.15, -0.1) is 0 Å². The summed E-state index contributed by atoms with van der Waals surface area (Å²) in [6, 6.07) is 0.162. The largest absolute Gasteiger partial charge is 0.481 e. The quantitative estimate of drug-likeness (QED) is 0.853. The molecule has 2 heterocycles. The third-order valence-corrected chi connectivity index (χ3v) is 4.59. The lowest BCUT2D eigenvalue weighted by Gasteiger charge is -2.40. The van der Waals surface area contributed by atoms with Gasteiger partial charge in [-0.05, 0) is 40.7 Å². The predicted molar refractivity (Wildman–Crippen MR) is 75.8 cm³/mol. The number of hydrogen-bond donors (Lipinski definition) is 1. The fourth-order valence-electron chi connectivity index (χ4n) is 3.84. The minimum Gasteiger partial charge on any atom is -0.481 e. The standard InChI is InChI=1S/C15H27NO4/c1-6-16(11-9-19-8-10(11)13(17)18)12-7-14(2,3)20-15(12,4)5/h10-12H,6-9H2,1-5H3,(H,17,18). The Balaban J connectivity index is 2.22. The first kappa shape index (κ1) is 15.7. The van der Waals surface area contributed by atoms with E-state index in [2.05, 4.69) is 39.5 Å². The van der Waals surface area contributed by atoms with Gasteiger partial charge in [0.05, 0.1) is 30.3 Å². The molecule has 2 fully saturated rings. The van der Waals surface area contributed by atoms with Crippen molar-refractivity contribution in [2.45, 2.75) is 64.3 Å². The van der Waals surface area contributed by atoms with Crippen LogP contribution in [-0.2, 0) is 14.3 Å². The Kier molecular flexibility index (Phi) is 4.15. The second-order valence-corrected chi connectivity index (χ2v) is 7.07. The summed E-state index contributed by atoms with van der Waals surface area (Å²) >= 11 is 0. The van der Waals surface area contributed by atoms with E-state index in [0.29, 0.717) is 13.2 Å². The summed E-state index contributed by atoms with van der Waals surface area (Å²) in [5, 5.41) is 9.37. The van der Waals surface area contributed by atoms with E-state index in [-0.39, 0.29) is 23.3 Å². The summed E-state index contributed by atoms with van der Waals surface area (Å²) < 4.78 is 11.6. The Morgan fingerprint density at radius 2 is 1.95 bits per heavy atom. The summed E-state index contributed by atoms with van der Waals surface area (Å²) in [5.74, 6) is -1.20. The van der Waals surface area contributed by atoms with Crippen LogP contribution in [0.2, 0.25) is 0 Å². The topological polar surface area (TPSA) is 59.0 Å². The Morgan fingerprint density at radius 3 is 2.40 bits per heavy atom. The molecule has 3 unspecified atom stereocenters. The van der Waals surface area contributed by atoms with Crippen molar-refractivity contribution in [3.63, 3.8) is 0 Å². The van der Waals surface area contributed by atoms with E-state index in [0.717, 1.165) is 13.0 Å². The molecule has 0 bridgehead atoms. The number of carbonyl (C=O) groups is 1. The average molecular weight is 285 g/mol. The maximum Gasteiger partial charge on any atom is 0.310 e. The van der Waals surface area contributed by atoms with E-state index in [1.54, 1.807) is 0 Å². The van der Waals surface area contributed by atoms with E-state index in [1.165, 1.54) is 0 Å². The summed E-state index contributed by atoms with van der Waals surface area (Å²) in [6.07, 6.45) is 0.913. The zero-order valence-corrected chi connectivity index (χ0v) is 13.2. The maximum absolute atomic E-state index is 11.4. The third kappa shape index (κ3) is 2.85. The molecule has 3 atom stereocenters. The molecule has 2 aliphatic heterocycles. The minimum atomic E-state index is -0.762. The summed E-state index contributed by atoms with van der Waals surface area (Å²) in [7, 11) is 0. The molecule has 0 radical (unpaired) electrons. The molecule has 0 aromatic rings. The smallest absolute Gasteiger partial charge is 0.310 e. The van der Waals surface area contributed by atoms with Crippen LogP contribution in [0.4, 0.5) is 0 Å². The monoisotopic (exact) mass is 285 g/mol. The molecule has 0 aliphatic carbocycles. The van der Waals surface area contributed by atoms with Gasteiger partial charge in [0.15, 0.2) is 0 Å². The van der Waals surface area contributed by atoms with Gasteiger partial charge in [0.25, 0.3) is 0 Å². The van der Waals surface area contributed by atoms with Crippen LogP contribution in [-0.4, -0.2) is 59.0 Å². The second kappa shape index (κ2) is 5.28.